The largest absolute Gasteiger partial charge is 0.411 e. The second kappa shape index (κ2) is 6.60. The number of ketones is 1. The van der Waals surface area contributed by atoms with Gasteiger partial charge < -0.3 is 4.42 Å². The SMILES string of the molecule is O=C(CSc1nnc(-c2ccc(F)cc2)o1)c1ccc(Cl)s1. The number of hydrogen-bond acceptors (Lipinski definition) is 6. The van der Waals surface area contributed by atoms with Crippen LogP contribution in [0.15, 0.2) is 46.0 Å². The minimum absolute atomic E-state index is 0.0524. The molecule has 0 saturated heterocycles. The van der Waals surface area contributed by atoms with E-state index in [1.807, 2.05) is 0 Å². The molecule has 0 N–H and O–H groups in total. The van der Waals surface area contributed by atoms with Crippen molar-refractivity contribution >= 4 is 40.5 Å². The number of hydrogen-bond donors (Lipinski definition) is 0. The fourth-order valence-electron chi connectivity index (χ4n) is 1.64. The van der Waals surface area contributed by atoms with Crippen LogP contribution in [0.4, 0.5) is 4.39 Å². The van der Waals surface area contributed by atoms with Crippen LogP contribution in [0.2, 0.25) is 4.34 Å². The first-order valence-electron chi connectivity index (χ1n) is 6.12. The molecule has 112 valence electrons. The van der Waals surface area contributed by atoms with E-state index in [4.69, 9.17) is 16.0 Å². The molecule has 22 heavy (non-hydrogen) atoms. The molecule has 8 heteroatoms. The summed E-state index contributed by atoms with van der Waals surface area (Å²) >= 11 is 8.18. The van der Waals surface area contributed by atoms with Gasteiger partial charge in [0.05, 0.1) is 15.0 Å². The Balaban J connectivity index is 1.64. The maximum Gasteiger partial charge on any atom is 0.277 e. The summed E-state index contributed by atoms with van der Waals surface area (Å²) in [5.41, 5.74) is 0.622. The van der Waals surface area contributed by atoms with Gasteiger partial charge in [0.1, 0.15) is 5.82 Å². The van der Waals surface area contributed by atoms with Crippen LogP contribution < -0.4 is 0 Å². The van der Waals surface area contributed by atoms with Gasteiger partial charge in [-0.1, -0.05) is 23.4 Å². The van der Waals surface area contributed by atoms with Crippen LogP contribution in [0.5, 0.6) is 0 Å². The van der Waals surface area contributed by atoms with Gasteiger partial charge in [-0.15, -0.1) is 21.5 Å². The molecule has 0 amide bonds. The van der Waals surface area contributed by atoms with Crippen molar-refractivity contribution in [3.63, 3.8) is 0 Å². The Morgan fingerprint density at radius 3 is 2.68 bits per heavy atom. The van der Waals surface area contributed by atoms with Crippen LogP contribution in [0.3, 0.4) is 0 Å². The summed E-state index contributed by atoms with van der Waals surface area (Å²) in [5.74, 6) is 0.0812. The third-order valence-electron chi connectivity index (χ3n) is 2.67. The van der Waals surface area contributed by atoms with E-state index >= 15 is 0 Å². The van der Waals surface area contributed by atoms with Crippen LogP contribution in [-0.2, 0) is 0 Å². The van der Waals surface area contributed by atoms with Gasteiger partial charge in [-0.2, -0.15) is 0 Å². The molecule has 2 heterocycles. The van der Waals surface area contributed by atoms with E-state index in [9.17, 15) is 9.18 Å². The van der Waals surface area contributed by atoms with Crippen LogP contribution in [-0.4, -0.2) is 21.7 Å². The highest BCUT2D eigenvalue weighted by Crippen LogP contribution is 2.26. The number of Topliss-reactive ketones (excluding diaryl/α,β-unsaturated/α-hetero) is 1. The zero-order valence-corrected chi connectivity index (χ0v) is 13.3. The van der Waals surface area contributed by atoms with E-state index in [1.165, 1.54) is 23.5 Å². The van der Waals surface area contributed by atoms with E-state index in [2.05, 4.69) is 10.2 Å². The summed E-state index contributed by atoms with van der Waals surface area (Å²) in [6.07, 6.45) is 0. The predicted octanol–water partition coefficient (Wildman–Crippen LogP) is 4.57. The fourth-order valence-corrected chi connectivity index (χ4v) is 3.36. The number of carbonyl (C=O) groups is 1. The molecule has 0 unspecified atom stereocenters. The van der Waals surface area contributed by atoms with Crippen molar-refractivity contribution in [3.8, 4) is 11.5 Å². The van der Waals surface area contributed by atoms with Gasteiger partial charge in [0.25, 0.3) is 5.22 Å². The van der Waals surface area contributed by atoms with Gasteiger partial charge in [-0.25, -0.2) is 4.39 Å². The lowest BCUT2D eigenvalue weighted by Crippen LogP contribution is -1.98. The number of aromatic nitrogens is 2. The molecule has 0 fully saturated rings. The predicted molar refractivity (Wildman–Crippen MR) is 84.1 cm³/mol. The second-order valence-electron chi connectivity index (χ2n) is 4.20. The molecule has 0 atom stereocenters. The fraction of sp³-hybridized carbons (Fsp3) is 0.0714. The number of rotatable bonds is 5. The normalized spacial score (nSPS) is 10.8. The lowest BCUT2D eigenvalue weighted by molar-refractivity contribution is 0.102. The van der Waals surface area contributed by atoms with E-state index in [-0.39, 0.29) is 28.5 Å². The highest BCUT2D eigenvalue weighted by molar-refractivity contribution is 7.99. The molecule has 4 nitrogen and oxygen atoms in total. The molecule has 0 saturated carbocycles. The molecule has 3 rings (SSSR count). The molecular formula is C14H8ClFN2O2S2. The average molecular weight is 355 g/mol. The van der Waals surface area contributed by atoms with Crippen LogP contribution in [0, 0.1) is 5.82 Å². The Morgan fingerprint density at radius 1 is 1.23 bits per heavy atom. The van der Waals surface area contributed by atoms with E-state index in [0.29, 0.717) is 14.8 Å². The Morgan fingerprint density at radius 2 is 2.00 bits per heavy atom. The van der Waals surface area contributed by atoms with Crippen molar-refractivity contribution in [2.45, 2.75) is 5.22 Å². The monoisotopic (exact) mass is 354 g/mol. The van der Waals surface area contributed by atoms with Gasteiger partial charge in [0.2, 0.25) is 5.89 Å². The first-order chi connectivity index (χ1) is 10.6. The van der Waals surface area contributed by atoms with Crippen molar-refractivity contribution in [3.05, 3.63) is 51.4 Å². The molecule has 0 radical (unpaired) electrons. The van der Waals surface area contributed by atoms with E-state index in [0.717, 1.165) is 11.8 Å². The third kappa shape index (κ3) is 3.55. The minimum atomic E-state index is -0.335. The number of thioether (sulfide) groups is 1. The molecule has 1 aromatic carbocycles. The van der Waals surface area contributed by atoms with Crippen molar-refractivity contribution in [2.75, 3.05) is 5.75 Å². The Kier molecular flexibility index (Phi) is 4.56. The number of nitrogens with zero attached hydrogens (tertiary/aromatic N) is 2. The van der Waals surface area contributed by atoms with Crippen LogP contribution >= 0.6 is 34.7 Å². The summed E-state index contributed by atoms with van der Waals surface area (Å²) in [5, 5.41) is 8.03. The highest BCUT2D eigenvalue weighted by Gasteiger charge is 2.13. The quantitative estimate of drug-likeness (QED) is 0.496. The van der Waals surface area contributed by atoms with Crippen molar-refractivity contribution in [2.24, 2.45) is 0 Å². The molecular weight excluding hydrogens is 347 g/mol. The molecule has 3 aromatic rings. The average Bonchev–Trinajstić information content (AvgIpc) is 3.15. The summed E-state index contributed by atoms with van der Waals surface area (Å²) in [4.78, 5) is 12.5. The lowest BCUT2D eigenvalue weighted by Gasteiger charge is -1.95. The lowest BCUT2D eigenvalue weighted by atomic mass is 10.2. The maximum atomic E-state index is 12.9. The standard InChI is InChI=1S/C14H8ClFN2O2S2/c15-12-6-5-11(22-12)10(19)7-21-14-18-17-13(20-14)8-1-3-9(16)4-2-8/h1-6H,7H2. The Bertz CT molecular complexity index is 801. The third-order valence-corrected chi connectivity index (χ3v) is 4.76. The number of halogens is 2. The Hall–Kier alpha value is -1.70. The molecule has 0 spiro atoms. The zero-order chi connectivity index (χ0) is 15.5. The van der Waals surface area contributed by atoms with E-state index in [1.54, 1.807) is 24.3 Å². The zero-order valence-electron chi connectivity index (χ0n) is 11.0. The van der Waals surface area contributed by atoms with Gasteiger partial charge in [-0.05, 0) is 36.4 Å². The summed E-state index contributed by atoms with van der Waals surface area (Å²) in [6.45, 7) is 0. The molecule has 2 aromatic heterocycles. The Labute approximate surface area is 138 Å². The molecule has 0 aliphatic heterocycles. The summed E-state index contributed by atoms with van der Waals surface area (Å²) in [6, 6.07) is 9.11. The van der Waals surface area contributed by atoms with Crippen LogP contribution in [0.1, 0.15) is 9.67 Å². The number of carbonyl (C=O) groups excluding carboxylic acids is 1. The van der Waals surface area contributed by atoms with Gasteiger partial charge >= 0.3 is 0 Å². The van der Waals surface area contributed by atoms with Gasteiger partial charge in [-0.3, -0.25) is 4.79 Å². The topological polar surface area (TPSA) is 56.0 Å². The number of thiophene rings is 1. The molecule has 0 aliphatic rings. The second-order valence-corrected chi connectivity index (χ2v) is 6.84. The summed E-state index contributed by atoms with van der Waals surface area (Å²) in [7, 11) is 0. The van der Waals surface area contributed by atoms with Gasteiger partial charge in [0, 0.05) is 5.56 Å². The first kappa shape index (κ1) is 15.2. The van der Waals surface area contributed by atoms with Gasteiger partial charge in [0.15, 0.2) is 5.78 Å². The van der Waals surface area contributed by atoms with Crippen molar-refractivity contribution in [1.29, 1.82) is 0 Å². The summed E-state index contributed by atoms with van der Waals surface area (Å²) < 4.78 is 18.9. The molecule has 0 aliphatic carbocycles. The first-order valence-corrected chi connectivity index (χ1v) is 8.30. The van der Waals surface area contributed by atoms with E-state index < -0.39 is 0 Å². The molecule has 0 bridgehead atoms. The van der Waals surface area contributed by atoms with Crippen molar-refractivity contribution < 1.29 is 13.6 Å². The van der Waals surface area contributed by atoms with Crippen LogP contribution in [0.25, 0.3) is 11.5 Å². The number of benzene rings is 1. The smallest absolute Gasteiger partial charge is 0.277 e. The maximum absolute atomic E-state index is 12.9. The van der Waals surface area contributed by atoms with Crippen molar-refractivity contribution in [1.82, 2.24) is 10.2 Å². The minimum Gasteiger partial charge on any atom is -0.411 e. The highest BCUT2D eigenvalue weighted by atomic mass is 35.5.